The molecule has 2 N–H and O–H groups in total. The van der Waals surface area contributed by atoms with Crippen molar-refractivity contribution in [1.82, 2.24) is 25.1 Å². The maximum Gasteiger partial charge on any atom is 0.235 e. The average molecular weight is 626 g/mol. The van der Waals surface area contributed by atoms with E-state index >= 15 is 4.39 Å². The second kappa shape index (κ2) is 11.4. The Labute approximate surface area is 265 Å². The average Bonchev–Trinajstić information content (AvgIpc) is 3.51. The molecule has 7 rings (SSSR count). The van der Waals surface area contributed by atoms with Gasteiger partial charge in [-0.3, -0.25) is 24.4 Å². The summed E-state index contributed by atoms with van der Waals surface area (Å²) in [4.78, 5) is 51.1. The zero-order chi connectivity index (χ0) is 32.3. The van der Waals surface area contributed by atoms with Crippen molar-refractivity contribution >= 4 is 57.5 Å². The quantitative estimate of drug-likeness (QED) is 0.310. The number of anilines is 5. The molecular weight excluding hydrogens is 589 g/mol. The number of carbonyl (C=O) groups is 3. The number of aryl methyl sites for hydroxylation is 2. The minimum absolute atomic E-state index is 0.0684. The van der Waals surface area contributed by atoms with Crippen LogP contribution in [0.3, 0.4) is 0 Å². The van der Waals surface area contributed by atoms with E-state index < -0.39 is 12.1 Å². The first-order chi connectivity index (χ1) is 22.1. The van der Waals surface area contributed by atoms with Crippen molar-refractivity contribution in [2.24, 2.45) is 7.05 Å². The van der Waals surface area contributed by atoms with E-state index in [2.05, 4.69) is 20.7 Å². The van der Waals surface area contributed by atoms with Crippen LogP contribution >= 0.6 is 0 Å². The van der Waals surface area contributed by atoms with Gasteiger partial charge in [-0.2, -0.15) is 10.1 Å². The summed E-state index contributed by atoms with van der Waals surface area (Å²) in [5.74, 6) is 0.109. The van der Waals surface area contributed by atoms with E-state index in [1.165, 1.54) is 0 Å². The normalized spacial score (nSPS) is 21.5. The molecule has 12 nitrogen and oxygen atoms in total. The molecule has 13 heteroatoms. The van der Waals surface area contributed by atoms with Gasteiger partial charge in [0.05, 0.1) is 36.1 Å². The highest BCUT2D eigenvalue weighted by molar-refractivity contribution is 6.03. The van der Waals surface area contributed by atoms with E-state index in [-0.39, 0.29) is 36.7 Å². The molecule has 4 aromatic rings. The highest BCUT2D eigenvalue weighted by Gasteiger charge is 2.35. The Morgan fingerprint density at radius 1 is 1.09 bits per heavy atom. The number of fused-ring (bicyclic) bond motifs is 2. The highest BCUT2D eigenvalue weighted by atomic mass is 19.1. The van der Waals surface area contributed by atoms with Crippen molar-refractivity contribution < 1.29 is 18.8 Å². The molecule has 5 heterocycles. The van der Waals surface area contributed by atoms with Gasteiger partial charge in [0.2, 0.25) is 23.7 Å². The topological polar surface area (TPSA) is 129 Å². The van der Waals surface area contributed by atoms with Gasteiger partial charge in [-0.1, -0.05) is 0 Å². The van der Waals surface area contributed by atoms with Crippen LogP contribution in [0.5, 0.6) is 0 Å². The number of aromatic nitrogens is 4. The third-order valence-corrected chi connectivity index (χ3v) is 9.51. The maximum absolute atomic E-state index is 15.9. The van der Waals surface area contributed by atoms with E-state index in [4.69, 9.17) is 4.98 Å². The number of hydrogen-bond donors (Lipinski definition) is 2. The Balaban J connectivity index is 1.05. The molecule has 2 fully saturated rings. The fraction of sp³-hybridized carbons (Fsp3) is 0.394. The molecular formula is C33H36FN9O3. The first kappa shape index (κ1) is 29.6. The summed E-state index contributed by atoms with van der Waals surface area (Å²) >= 11 is 0. The van der Waals surface area contributed by atoms with E-state index in [1.54, 1.807) is 22.8 Å². The van der Waals surface area contributed by atoms with Gasteiger partial charge < -0.3 is 20.0 Å². The molecule has 0 saturated carbocycles. The second-order valence-corrected chi connectivity index (χ2v) is 12.4. The van der Waals surface area contributed by atoms with Crippen LogP contribution in [-0.2, 0) is 27.9 Å². The van der Waals surface area contributed by atoms with Crippen molar-refractivity contribution in [3.05, 3.63) is 59.4 Å². The molecule has 2 aromatic heterocycles. The number of carbonyl (C=O) groups excluding carboxylic acids is 3. The predicted molar refractivity (Wildman–Crippen MR) is 173 cm³/mol. The van der Waals surface area contributed by atoms with Crippen LogP contribution in [0.25, 0.3) is 10.9 Å². The molecule has 0 bridgehead atoms. The van der Waals surface area contributed by atoms with Gasteiger partial charge in [-0.15, -0.1) is 0 Å². The number of alkyl halides is 1. The minimum Gasteiger partial charge on any atom is -0.368 e. The predicted octanol–water partition coefficient (Wildman–Crippen LogP) is 3.51. The van der Waals surface area contributed by atoms with Gasteiger partial charge in [0.25, 0.3) is 0 Å². The van der Waals surface area contributed by atoms with Crippen LogP contribution in [0.1, 0.15) is 42.0 Å². The molecule has 1 unspecified atom stereocenters. The molecule has 0 radical (unpaired) electrons. The Morgan fingerprint density at radius 2 is 1.91 bits per heavy atom. The standard InChI is InChI=1S/C33H36FN9O3/c1-18-16-35-33(38-31(18)36-20-5-9-25-19(13-20)14-29(45)41(25)3)43-12-11-26(24(34)17-43)40(2)21-6-7-22-27(15-21)42(4)39-30(22)23-8-10-28(44)37-32(23)46/h5-7,9,13,15-16,23-24,26H,8,10-12,14,17H2,1-4H3,(H,35,36,38)(H,37,44,46)/t23?,24-,26-/m1/s1. The zero-order valence-electron chi connectivity index (χ0n) is 26.2. The van der Waals surface area contributed by atoms with Crippen LogP contribution in [0.15, 0.2) is 42.6 Å². The lowest BCUT2D eigenvalue weighted by molar-refractivity contribution is -0.134. The Hall–Kier alpha value is -5.07. The molecule has 2 aromatic carbocycles. The molecule has 3 amide bonds. The first-order valence-corrected chi connectivity index (χ1v) is 15.5. The summed E-state index contributed by atoms with van der Waals surface area (Å²) < 4.78 is 17.6. The van der Waals surface area contributed by atoms with E-state index in [9.17, 15) is 14.4 Å². The molecule has 3 aliphatic heterocycles. The van der Waals surface area contributed by atoms with Gasteiger partial charge in [-0.05, 0) is 61.7 Å². The van der Waals surface area contributed by atoms with Crippen molar-refractivity contribution in [2.75, 3.05) is 47.2 Å². The number of imide groups is 1. The highest BCUT2D eigenvalue weighted by Crippen LogP contribution is 2.35. The Bertz CT molecular complexity index is 1890. The number of amides is 3. The third-order valence-electron chi connectivity index (χ3n) is 9.51. The van der Waals surface area contributed by atoms with Gasteiger partial charge in [0, 0.05) is 68.3 Å². The van der Waals surface area contributed by atoms with E-state index in [1.807, 2.05) is 67.2 Å². The third kappa shape index (κ3) is 5.19. The molecule has 0 spiro atoms. The molecule has 46 heavy (non-hydrogen) atoms. The summed E-state index contributed by atoms with van der Waals surface area (Å²) in [6.45, 7) is 2.65. The summed E-state index contributed by atoms with van der Waals surface area (Å²) in [5, 5.41) is 11.3. The SMILES string of the molecule is Cc1cnc(N2CC[C@@H](N(C)c3ccc4c(C5CCC(=O)NC5=O)nn(C)c4c3)[C@H](F)C2)nc1Nc1ccc2c(c1)CC(=O)N2C. The minimum atomic E-state index is -1.16. The van der Waals surface area contributed by atoms with Crippen molar-refractivity contribution in [2.45, 2.75) is 50.7 Å². The lowest BCUT2D eigenvalue weighted by Gasteiger charge is -2.40. The molecule has 2 saturated heterocycles. The zero-order valence-corrected chi connectivity index (χ0v) is 26.2. The number of nitrogens with zero attached hydrogens (tertiary/aromatic N) is 7. The van der Waals surface area contributed by atoms with E-state index in [0.29, 0.717) is 43.3 Å². The summed E-state index contributed by atoms with van der Waals surface area (Å²) in [5.41, 5.74) is 5.91. The summed E-state index contributed by atoms with van der Waals surface area (Å²) in [6, 6.07) is 11.3. The Kier molecular flexibility index (Phi) is 7.33. The lowest BCUT2D eigenvalue weighted by atomic mass is 9.92. The number of halogens is 1. The molecule has 3 aliphatic rings. The monoisotopic (exact) mass is 625 g/mol. The summed E-state index contributed by atoms with van der Waals surface area (Å²) in [7, 11) is 5.51. The number of benzene rings is 2. The number of piperidine rings is 2. The molecule has 238 valence electrons. The molecule has 3 atom stereocenters. The fourth-order valence-corrected chi connectivity index (χ4v) is 6.80. The van der Waals surface area contributed by atoms with Crippen molar-refractivity contribution in [3.8, 4) is 0 Å². The van der Waals surface area contributed by atoms with Gasteiger partial charge in [0.15, 0.2) is 0 Å². The van der Waals surface area contributed by atoms with Crippen molar-refractivity contribution in [1.29, 1.82) is 0 Å². The maximum atomic E-state index is 15.9. The number of likely N-dealkylation sites (N-methyl/N-ethyl adjacent to an activating group) is 1. The fourth-order valence-electron chi connectivity index (χ4n) is 6.80. The van der Waals surface area contributed by atoms with Crippen LogP contribution in [0.2, 0.25) is 0 Å². The lowest BCUT2D eigenvalue weighted by Crippen LogP contribution is -2.52. The number of nitrogens with one attached hydrogen (secondary N) is 2. The number of rotatable bonds is 6. The first-order valence-electron chi connectivity index (χ1n) is 15.5. The second-order valence-electron chi connectivity index (χ2n) is 12.4. The van der Waals surface area contributed by atoms with Crippen LogP contribution in [0.4, 0.5) is 33.2 Å². The van der Waals surface area contributed by atoms with Gasteiger partial charge in [-0.25, -0.2) is 9.37 Å². The Morgan fingerprint density at radius 3 is 2.70 bits per heavy atom. The van der Waals surface area contributed by atoms with Gasteiger partial charge >= 0.3 is 0 Å². The number of hydrogen-bond acceptors (Lipinski definition) is 9. The smallest absolute Gasteiger partial charge is 0.235 e. The molecule has 0 aliphatic carbocycles. The van der Waals surface area contributed by atoms with Crippen LogP contribution < -0.4 is 25.3 Å². The van der Waals surface area contributed by atoms with Crippen LogP contribution in [0, 0.1) is 6.92 Å². The van der Waals surface area contributed by atoms with Crippen LogP contribution in [-0.4, -0.2) is 76.9 Å². The van der Waals surface area contributed by atoms with E-state index in [0.717, 1.165) is 39.1 Å². The summed E-state index contributed by atoms with van der Waals surface area (Å²) in [6.07, 6.45) is 2.23. The van der Waals surface area contributed by atoms with Gasteiger partial charge in [0.1, 0.15) is 12.0 Å². The van der Waals surface area contributed by atoms with Crippen molar-refractivity contribution in [3.63, 3.8) is 0 Å². The largest absolute Gasteiger partial charge is 0.368 e.